The summed E-state index contributed by atoms with van der Waals surface area (Å²) in [6.45, 7) is 0. The molecule has 0 atom stereocenters. The number of nitrogens with two attached hydrogens (primary N) is 2. The number of esters is 2. The summed E-state index contributed by atoms with van der Waals surface area (Å²) in [5.74, 6) is -0.614. The summed E-state index contributed by atoms with van der Waals surface area (Å²) >= 11 is 0. The summed E-state index contributed by atoms with van der Waals surface area (Å²) in [6, 6.07) is 14.6. The third-order valence-corrected chi connectivity index (χ3v) is 5.34. The first-order valence-electron chi connectivity index (χ1n) is 11.1. The van der Waals surface area contributed by atoms with Crippen molar-refractivity contribution in [3.05, 3.63) is 70.8 Å². The van der Waals surface area contributed by atoms with E-state index in [0.29, 0.717) is 23.6 Å². The van der Waals surface area contributed by atoms with Crippen LogP contribution in [0.2, 0.25) is 0 Å². The van der Waals surface area contributed by atoms with Crippen molar-refractivity contribution in [2.24, 2.45) is 11.5 Å². The molecule has 2 aromatic carbocycles. The normalized spacial score (nSPS) is 16.0. The van der Waals surface area contributed by atoms with Gasteiger partial charge in [0, 0.05) is 11.1 Å². The number of ether oxygens (including phenoxy) is 2. The zero-order valence-electron chi connectivity index (χ0n) is 21.6. The summed E-state index contributed by atoms with van der Waals surface area (Å²) < 4.78 is 61.0. The van der Waals surface area contributed by atoms with Crippen LogP contribution in [0.3, 0.4) is 0 Å². The van der Waals surface area contributed by atoms with Gasteiger partial charge in [-0.2, -0.15) is 16.8 Å². The number of rotatable bonds is 4. The van der Waals surface area contributed by atoms with Gasteiger partial charge in [-0.3, -0.25) is 9.11 Å². The highest BCUT2D eigenvalue weighted by molar-refractivity contribution is 7.85. The van der Waals surface area contributed by atoms with E-state index >= 15 is 0 Å². The van der Waals surface area contributed by atoms with E-state index in [4.69, 9.17) is 20.6 Å². The van der Waals surface area contributed by atoms with Gasteiger partial charge in [0.05, 0.1) is 37.9 Å². The van der Waals surface area contributed by atoms with Crippen molar-refractivity contribution < 1.29 is 45.0 Å². The Morgan fingerprint density at radius 1 is 0.658 bits per heavy atom. The summed E-state index contributed by atoms with van der Waals surface area (Å²) in [7, 11) is -4.58. The maximum absolute atomic E-state index is 11.1. The predicted molar refractivity (Wildman–Crippen MR) is 141 cm³/mol. The summed E-state index contributed by atoms with van der Waals surface area (Å²) in [6.07, 6.45) is 5.56. The van der Waals surface area contributed by atoms with Crippen molar-refractivity contribution in [3.8, 4) is 0 Å². The van der Waals surface area contributed by atoms with Crippen molar-refractivity contribution in [1.29, 1.82) is 0 Å². The first kappa shape index (κ1) is 33.1. The van der Waals surface area contributed by atoms with E-state index in [0.717, 1.165) is 36.8 Å². The van der Waals surface area contributed by atoms with Crippen LogP contribution in [-0.4, -0.2) is 64.6 Å². The molecule has 2 aliphatic rings. The third kappa shape index (κ3) is 13.1. The van der Waals surface area contributed by atoms with Gasteiger partial charge in [-0.1, -0.05) is 24.3 Å². The van der Waals surface area contributed by atoms with Crippen molar-refractivity contribution >= 4 is 32.2 Å². The molecule has 0 aromatic heterocycles. The molecular formula is C24H34N2O10S2. The quantitative estimate of drug-likeness (QED) is 0.304. The van der Waals surface area contributed by atoms with Gasteiger partial charge in [-0.25, -0.2) is 9.59 Å². The van der Waals surface area contributed by atoms with E-state index in [2.05, 4.69) is 9.47 Å². The van der Waals surface area contributed by atoms with Crippen LogP contribution >= 0.6 is 0 Å². The average molecular weight is 575 g/mol. The van der Waals surface area contributed by atoms with Crippen molar-refractivity contribution in [2.75, 3.05) is 26.7 Å². The molecule has 0 aliphatic heterocycles. The van der Waals surface area contributed by atoms with Crippen LogP contribution < -0.4 is 11.5 Å². The fraction of sp³-hybridized carbons (Fsp3) is 0.417. The largest absolute Gasteiger partial charge is 0.465 e. The molecule has 2 saturated carbocycles. The Kier molecular flexibility index (Phi) is 11.6. The van der Waals surface area contributed by atoms with Gasteiger partial charge in [-0.05, 0) is 61.1 Å². The van der Waals surface area contributed by atoms with Crippen LogP contribution in [0.1, 0.15) is 57.5 Å². The minimum atomic E-state index is -3.67. The van der Waals surface area contributed by atoms with Crippen molar-refractivity contribution in [1.82, 2.24) is 0 Å². The number of hydrogen-bond acceptors (Lipinski definition) is 10. The van der Waals surface area contributed by atoms with Gasteiger partial charge in [-0.15, -0.1) is 0 Å². The van der Waals surface area contributed by atoms with E-state index < -0.39 is 20.2 Å². The van der Waals surface area contributed by atoms with Gasteiger partial charge in [0.1, 0.15) is 0 Å². The second-order valence-corrected chi connectivity index (χ2v) is 11.8. The van der Waals surface area contributed by atoms with Crippen LogP contribution in [0.5, 0.6) is 0 Å². The van der Waals surface area contributed by atoms with Crippen LogP contribution in [0, 0.1) is 0 Å². The topological polar surface area (TPSA) is 213 Å². The second-order valence-electron chi connectivity index (χ2n) is 8.92. The maximum atomic E-state index is 11.1. The lowest BCUT2D eigenvalue weighted by Crippen LogP contribution is -2.18. The third-order valence-electron chi connectivity index (χ3n) is 5.34. The van der Waals surface area contributed by atoms with Crippen LogP contribution in [0.4, 0.5) is 0 Å². The fourth-order valence-corrected chi connectivity index (χ4v) is 2.96. The van der Waals surface area contributed by atoms with Crippen molar-refractivity contribution in [3.63, 3.8) is 0 Å². The molecule has 2 fully saturated rings. The molecular weight excluding hydrogens is 540 g/mol. The highest BCUT2D eigenvalue weighted by atomic mass is 32.2. The molecule has 0 saturated heterocycles. The molecule has 0 amide bonds. The standard InChI is InChI=1S/2C11H13NO2.2CH4O3S/c2*1-14-10(13)8-2-4-9(5-3-8)11(12)6-7-11;2*1-5(2,3)4/h2*2-5H,6-7,12H2,1H3;2*1H3,(H,2,3,4). The lowest BCUT2D eigenvalue weighted by atomic mass is 10.0. The van der Waals surface area contributed by atoms with E-state index in [1.54, 1.807) is 24.3 Å². The monoisotopic (exact) mass is 574 g/mol. The summed E-state index contributed by atoms with van der Waals surface area (Å²) in [5.41, 5.74) is 15.1. The smallest absolute Gasteiger partial charge is 0.337 e. The molecule has 0 spiro atoms. The number of methoxy groups -OCH3 is 2. The van der Waals surface area contributed by atoms with Gasteiger partial charge >= 0.3 is 11.9 Å². The molecule has 212 valence electrons. The van der Waals surface area contributed by atoms with Gasteiger partial charge in [0.25, 0.3) is 20.2 Å². The van der Waals surface area contributed by atoms with E-state index in [1.807, 2.05) is 24.3 Å². The molecule has 38 heavy (non-hydrogen) atoms. The summed E-state index contributed by atoms with van der Waals surface area (Å²) in [5, 5.41) is 0. The Balaban J connectivity index is 0.000000284. The molecule has 2 aromatic rings. The van der Waals surface area contributed by atoms with Crippen molar-refractivity contribution in [2.45, 2.75) is 36.8 Å². The van der Waals surface area contributed by atoms with Crippen LogP contribution in [-0.2, 0) is 40.8 Å². The maximum Gasteiger partial charge on any atom is 0.337 e. The SMILES string of the molecule is COC(=O)c1ccc(C2(N)CC2)cc1.COC(=O)c1ccc(C2(N)CC2)cc1.CS(=O)(=O)O.CS(=O)(=O)O. The van der Waals surface area contributed by atoms with Crippen LogP contribution in [0.15, 0.2) is 48.5 Å². The highest BCUT2D eigenvalue weighted by Crippen LogP contribution is 2.43. The molecule has 0 bridgehead atoms. The molecule has 4 rings (SSSR count). The second kappa shape index (κ2) is 13.3. The lowest BCUT2D eigenvalue weighted by Gasteiger charge is -2.08. The van der Waals surface area contributed by atoms with Gasteiger partial charge in [0.2, 0.25) is 0 Å². The van der Waals surface area contributed by atoms with Crippen LogP contribution in [0.25, 0.3) is 0 Å². The Morgan fingerprint density at radius 2 is 0.868 bits per heavy atom. The first-order valence-corrected chi connectivity index (χ1v) is 14.8. The molecule has 14 heteroatoms. The Hall–Kier alpha value is -2.88. The molecule has 12 nitrogen and oxygen atoms in total. The predicted octanol–water partition coefficient (Wildman–Crippen LogP) is 1.85. The number of carbonyl (C=O) groups excluding carboxylic acids is 2. The number of benzene rings is 2. The molecule has 0 radical (unpaired) electrons. The minimum Gasteiger partial charge on any atom is -0.465 e. The molecule has 0 unspecified atom stereocenters. The lowest BCUT2D eigenvalue weighted by molar-refractivity contribution is 0.0592. The zero-order valence-corrected chi connectivity index (χ0v) is 23.2. The Labute approximate surface area is 222 Å². The number of carbonyl (C=O) groups is 2. The Morgan fingerprint density at radius 3 is 1.03 bits per heavy atom. The Bertz CT molecular complexity index is 1180. The van der Waals surface area contributed by atoms with E-state index in [-0.39, 0.29) is 23.0 Å². The average Bonchev–Trinajstić information content (AvgIpc) is 3.75. The van der Waals surface area contributed by atoms with E-state index in [9.17, 15) is 26.4 Å². The molecule has 0 heterocycles. The highest BCUT2D eigenvalue weighted by Gasteiger charge is 2.40. The summed E-state index contributed by atoms with van der Waals surface area (Å²) in [4.78, 5) is 22.3. The minimum absolute atomic E-state index is 0.130. The van der Waals surface area contributed by atoms with Gasteiger partial charge in [0.15, 0.2) is 0 Å². The number of hydrogen-bond donors (Lipinski definition) is 4. The zero-order chi connectivity index (χ0) is 29.4. The fourth-order valence-electron chi connectivity index (χ4n) is 2.96. The van der Waals surface area contributed by atoms with Gasteiger partial charge < -0.3 is 20.9 Å². The first-order chi connectivity index (χ1) is 17.3. The molecule has 6 N–H and O–H groups in total. The molecule has 2 aliphatic carbocycles. The van der Waals surface area contributed by atoms with E-state index in [1.165, 1.54) is 14.2 Å².